The van der Waals surface area contributed by atoms with Crippen LogP contribution in [0.2, 0.25) is 0 Å². The Morgan fingerprint density at radius 3 is 2.76 bits per heavy atom. The zero-order valence-electron chi connectivity index (χ0n) is 10.1. The predicted octanol–water partition coefficient (Wildman–Crippen LogP) is 3.18. The molecule has 0 bridgehead atoms. The van der Waals surface area contributed by atoms with Gasteiger partial charge in [-0.15, -0.1) is 0 Å². The Kier molecular flexibility index (Phi) is 2.52. The Morgan fingerprint density at radius 1 is 1.24 bits per heavy atom. The minimum Gasteiger partial charge on any atom is -0.496 e. The molecule has 1 aliphatic rings. The summed E-state index contributed by atoms with van der Waals surface area (Å²) in [6.07, 6.45) is 3.40. The number of fused-ring (bicyclic) bond motifs is 3. The number of ether oxygens (including phenoxy) is 1. The van der Waals surface area contributed by atoms with E-state index in [2.05, 4.69) is 30.3 Å². The van der Waals surface area contributed by atoms with Crippen molar-refractivity contribution < 1.29 is 4.74 Å². The molecule has 0 radical (unpaired) electrons. The third-order valence-corrected chi connectivity index (χ3v) is 3.71. The van der Waals surface area contributed by atoms with Gasteiger partial charge in [-0.3, -0.25) is 0 Å². The van der Waals surface area contributed by atoms with Crippen molar-refractivity contribution in [2.75, 3.05) is 7.11 Å². The molecule has 2 heteroatoms. The molecule has 0 amide bonds. The van der Waals surface area contributed by atoms with Gasteiger partial charge in [0.15, 0.2) is 0 Å². The summed E-state index contributed by atoms with van der Waals surface area (Å²) in [5, 5.41) is 2.50. The van der Waals surface area contributed by atoms with Gasteiger partial charge in [0, 0.05) is 11.4 Å². The number of benzene rings is 2. The number of methoxy groups -OCH3 is 1. The normalized spacial score (nSPS) is 19.1. The summed E-state index contributed by atoms with van der Waals surface area (Å²) in [4.78, 5) is 0. The second-order valence-corrected chi connectivity index (χ2v) is 4.69. The molecule has 3 rings (SSSR count). The molecular formula is C15H17NO. The number of hydrogen-bond donors (Lipinski definition) is 1. The number of rotatable bonds is 1. The molecule has 2 nitrogen and oxygen atoms in total. The van der Waals surface area contributed by atoms with Crippen LogP contribution in [0, 0.1) is 0 Å². The Balaban J connectivity index is 2.36. The maximum Gasteiger partial charge on any atom is 0.127 e. The molecule has 2 N–H and O–H groups in total. The molecule has 2 aromatic rings. The lowest BCUT2D eigenvalue weighted by Crippen LogP contribution is -2.17. The highest BCUT2D eigenvalue weighted by atomic mass is 16.5. The maximum atomic E-state index is 6.21. The minimum absolute atomic E-state index is 0.164. The fourth-order valence-corrected chi connectivity index (χ4v) is 2.86. The van der Waals surface area contributed by atoms with Crippen LogP contribution in [0.25, 0.3) is 10.8 Å². The molecule has 2 aromatic carbocycles. The van der Waals surface area contributed by atoms with Crippen LogP contribution in [-0.2, 0) is 6.42 Å². The van der Waals surface area contributed by atoms with E-state index in [1.807, 2.05) is 0 Å². The standard InChI is InChI=1S/C15H17NO/c1-17-15-9-13-11(7-4-8-14(13)16)10-5-2-3-6-12(10)15/h2-3,5-6,9,14H,4,7-8,16H2,1H3/t14-/m0/s1. The van der Waals surface area contributed by atoms with Crippen molar-refractivity contribution in [2.45, 2.75) is 25.3 Å². The van der Waals surface area contributed by atoms with E-state index < -0.39 is 0 Å². The molecule has 1 atom stereocenters. The quantitative estimate of drug-likeness (QED) is 0.812. The summed E-state index contributed by atoms with van der Waals surface area (Å²) in [5.74, 6) is 0.941. The van der Waals surface area contributed by atoms with E-state index in [1.165, 1.54) is 28.3 Å². The summed E-state index contributed by atoms with van der Waals surface area (Å²) < 4.78 is 5.49. The van der Waals surface area contributed by atoms with E-state index in [4.69, 9.17) is 10.5 Å². The maximum absolute atomic E-state index is 6.21. The SMILES string of the molecule is COc1cc2c(c3ccccc13)CCC[C@@H]2N. The Bertz CT molecular complexity index is 562. The van der Waals surface area contributed by atoms with Gasteiger partial charge in [-0.2, -0.15) is 0 Å². The summed E-state index contributed by atoms with van der Waals surface area (Å²) in [7, 11) is 1.72. The highest BCUT2D eigenvalue weighted by molar-refractivity contribution is 5.92. The Labute approximate surface area is 101 Å². The molecule has 0 saturated carbocycles. The number of nitrogens with two attached hydrogens (primary N) is 1. The van der Waals surface area contributed by atoms with Gasteiger partial charge < -0.3 is 10.5 Å². The molecule has 1 aliphatic carbocycles. The fraction of sp³-hybridized carbons (Fsp3) is 0.333. The molecular weight excluding hydrogens is 210 g/mol. The summed E-state index contributed by atoms with van der Waals surface area (Å²) in [6.45, 7) is 0. The van der Waals surface area contributed by atoms with E-state index in [0.717, 1.165) is 18.6 Å². The van der Waals surface area contributed by atoms with Gasteiger partial charge in [-0.25, -0.2) is 0 Å². The topological polar surface area (TPSA) is 35.2 Å². The van der Waals surface area contributed by atoms with Crippen molar-refractivity contribution >= 4 is 10.8 Å². The van der Waals surface area contributed by atoms with Crippen LogP contribution >= 0.6 is 0 Å². The van der Waals surface area contributed by atoms with Crippen LogP contribution in [-0.4, -0.2) is 7.11 Å². The molecule has 0 unspecified atom stereocenters. The zero-order valence-corrected chi connectivity index (χ0v) is 10.1. The van der Waals surface area contributed by atoms with Crippen molar-refractivity contribution in [3.8, 4) is 5.75 Å². The first kappa shape index (κ1) is 10.6. The summed E-state index contributed by atoms with van der Waals surface area (Å²) in [6, 6.07) is 10.7. The molecule has 0 saturated heterocycles. The van der Waals surface area contributed by atoms with Crippen LogP contribution < -0.4 is 10.5 Å². The van der Waals surface area contributed by atoms with E-state index >= 15 is 0 Å². The van der Waals surface area contributed by atoms with Crippen LogP contribution in [0.5, 0.6) is 5.75 Å². The van der Waals surface area contributed by atoms with Crippen LogP contribution in [0.4, 0.5) is 0 Å². The molecule has 88 valence electrons. The Hall–Kier alpha value is -1.54. The zero-order chi connectivity index (χ0) is 11.8. The van der Waals surface area contributed by atoms with Crippen molar-refractivity contribution in [2.24, 2.45) is 5.73 Å². The molecule has 0 aliphatic heterocycles. The van der Waals surface area contributed by atoms with Crippen molar-refractivity contribution in [1.29, 1.82) is 0 Å². The van der Waals surface area contributed by atoms with Crippen molar-refractivity contribution in [3.05, 3.63) is 41.5 Å². The van der Waals surface area contributed by atoms with Gasteiger partial charge in [0.25, 0.3) is 0 Å². The Morgan fingerprint density at radius 2 is 2.00 bits per heavy atom. The second kappa shape index (κ2) is 4.04. The molecule has 0 fully saturated rings. The van der Waals surface area contributed by atoms with E-state index in [0.29, 0.717) is 0 Å². The van der Waals surface area contributed by atoms with Crippen LogP contribution in [0.1, 0.15) is 30.0 Å². The molecule has 0 spiro atoms. The van der Waals surface area contributed by atoms with Crippen molar-refractivity contribution in [1.82, 2.24) is 0 Å². The first-order valence-electron chi connectivity index (χ1n) is 6.15. The monoisotopic (exact) mass is 227 g/mol. The third-order valence-electron chi connectivity index (χ3n) is 3.71. The minimum atomic E-state index is 0.164. The largest absolute Gasteiger partial charge is 0.496 e. The first-order chi connectivity index (χ1) is 8.31. The molecule has 0 aromatic heterocycles. The lowest BCUT2D eigenvalue weighted by Gasteiger charge is -2.25. The van der Waals surface area contributed by atoms with Gasteiger partial charge in [0.05, 0.1) is 7.11 Å². The highest BCUT2D eigenvalue weighted by Gasteiger charge is 2.20. The van der Waals surface area contributed by atoms with Gasteiger partial charge in [-0.1, -0.05) is 24.3 Å². The van der Waals surface area contributed by atoms with Gasteiger partial charge in [0.2, 0.25) is 0 Å². The van der Waals surface area contributed by atoms with Gasteiger partial charge >= 0.3 is 0 Å². The third kappa shape index (κ3) is 1.60. The lowest BCUT2D eigenvalue weighted by molar-refractivity contribution is 0.418. The van der Waals surface area contributed by atoms with E-state index in [9.17, 15) is 0 Å². The summed E-state index contributed by atoms with van der Waals surface area (Å²) >= 11 is 0. The average molecular weight is 227 g/mol. The average Bonchev–Trinajstić information content (AvgIpc) is 2.38. The molecule has 17 heavy (non-hydrogen) atoms. The van der Waals surface area contributed by atoms with E-state index in [-0.39, 0.29) is 6.04 Å². The van der Waals surface area contributed by atoms with Crippen molar-refractivity contribution in [3.63, 3.8) is 0 Å². The van der Waals surface area contributed by atoms with Gasteiger partial charge in [-0.05, 0) is 41.8 Å². The predicted molar refractivity (Wildman–Crippen MR) is 70.4 cm³/mol. The van der Waals surface area contributed by atoms with Gasteiger partial charge in [0.1, 0.15) is 5.75 Å². The first-order valence-corrected chi connectivity index (χ1v) is 6.15. The summed E-state index contributed by atoms with van der Waals surface area (Å²) in [5.41, 5.74) is 8.89. The van der Waals surface area contributed by atoms with Crippen LogP contribution in [0.3, 0.4) is 0 Å². The molecule has 0 heterocycles. The second-order valence-electron chi connectivity index (χ2n) is 4.69. The lowest BCUT2D eigenvalue weighted by atomic mass is 9.84. The number of aryl methyl sites for hydroxylation is 1. The van der Waals surface area contributed by atoms with E-state index in [1.54, 1.807) is 7.11 Å². The van der Waals surface area contributed by atoms with Crippen LogP contribution in [0.15, 0.2) is 30.3 Å². The fourth-order valence-electron chi connectivity index (χ4n) is 2.86. The number of hydrogen-bond acceptors (Lipinski definition) is 2. The smallest absolute Gasteiger partial charge is 0.127 e. The highest BCUT2D eigenvalue weighted by Crippen LogP contribution is 2.38.